The number of fused-ring (bicyclic) bond motifs is 2. The van der Waals surface area contributed by atoms with Crippen molar-refractivity contribution in [3.8, 4) is 0 Å². The average molecular weight is 390 g/mol. The topological polar surface area (TPSA) is 61.8 Å². The van der Waals surface area contributed by atoms with E-state index in [2.05, 4.69) is 28.4 Å². The number of amides is 1. The van der Waals surface area contributed by atoms with Crippen LogP contribution in [0, 0.1) is 0 Å². The van der Waals surface area contributed by atoms with Crippen molar-refractivity contribution in [2.75, 3.05) is 25.0 Å². The minimum Gasteiger partial charge on any atom is -0.487 e. The van der Waals surface area contributed by atoms with Gasteiger partial charge in [-0.25, -0.2) is 0 Å². The molecular formula is C24H26N2O3. The fourth-order valence-corrected chi connectivity index (χ4v) is 4.75. The fourth-order valence-electron chi connectivity index (χ4n) is 4.75. The molecule has 0 saturated carbocycles. The molecule has 1 fully saturated rings. The number of para-hydroxylation sites is 1. The van der Waals surface area contributed by atoms with Crippen LogP contribution in [0.2, 0.25) is 0 Å². The number of nitrogens with one attached hydrogen (secondary N) is 1. The molecule has 1 unspecified atom stereocenters. The van der Waals surface area contributed by atoms with Gasteiger partial charge in [-0.1, -0.05) is 42.8 Å². The number of carbonyl (C=O) groups is 1. The molecule has 5 nitrogen and oxygen atoms in total. The molecule has 29 heavy (non-hydrogen) atoms. The van der Waals surface area contributed by atoms with Gasteiger partial charge >= 0.3 is 0 Å². The number of piperidine rings is 1. The number of benzene rings is 2. The summed E-state index contributed by atoms with van der Waals surface area (Å²) >= 11 is 0. The molecule has 0 radical (unpaired) electrons. The number of hydrogen-bond acceptors (Lipinski definition) is 4. The molecule has 3 heterocycles. The zero-order chi connectivity index (χ0) is 19.8. The molecule has 2 aromatic rings. The summed E-state index contributed by atoms with van der Waals surface area (Å²) in [6.45, 7) is 2.79. The second-order valence-electron chi connectivity index (χ2n) is 8.10. The Morgan fingerprint density at radius 3 is 2.93 bits per heavy atom. The Labute approximate surface area is 171 Å². The van der Waals surface area contributed by atoms with Gasteiger partial charge in [-0.3, -0.25) is 9.69 Å². The SMILES string of the molecule is O=C1Nc2ccccc2C1=C1OCc2cc(CCN3CCCCC3CO)ccc21. The van der Waals surface area contributed by atoms with Crippen LogP contribution in [0.25, 0.3) is 11.3 Å². The third-order valence-electron chi connectivity index (χ3n) is 6.33. The monoisotopic (exact) mass is 390 g/mol. The van der Waals surface area contributed by atoms with Crippen LogP contribution in [0.5, 0.6) is 0 Å². The van der Waals surface area contributed by atoms with E-state index in [1.54, 1.807) is 0 Å². The maximum atomic E-state index is 12.6. The van der Waals surface area contributed by atoms with E-state index in [4.69, 9.17) is 4.74 Å². The molecular weight excluding hydrogens is 364 g/mol. The summed E-state index contributed by atoms with van der Waals surface area (Å²) in [6, 6.07) is 14.5. The highest BCUT2D eigenvalue weighted by Gasteiger charge is 2.32. The second-order valence-corrected chi connectivity index (χ2v) is 8.10. The Kier molecular flexibility index (Phi) is 4.86. The van der Waals surface area contributed by atoms with Crippen LogP contribution in [0.3, 0.4) is 0 Å². The van der Waals surface area contributed by atoms with Crippen molar-refractivity contribution < 1.29 is 14.6 Å². The van der Waals surface area contributed by atoms with E-state index in [0.29, 0.717) is 24.0 Å². The van der Waals surface area contributed by atoms with Gasteiger partial charge in [0, 0.05) is 35.0 Å². The van der Waals surface area contributed by atoms with Gasteiger partial charge in [-0.05, 0) is 37.4 Å². The molecule has 150 valence electrons. The van der Waals surface area contributed by atoms with E-state index in [9.17, 15) is 9.90 Å². The summed E-state index contributed by atoms with van der Waals surface area (Å²) in [5.41, 5.74) is 5.81. The molecule has 0 bridgehead atoms. The molecule has 1 amide bonds. The van der Waals surface area contributed by atoms with Gasteiger partial charge in [-0.15, -0.1) is 0 Å². The standard InChI is InChI=1S/C24H26N2O3/c27-14-18-5-3-4-11-26(18)12-10-16-8-9-19-17(13-16)15-29-23(19)22-20-6-1-2-7-21(20)25-24(22)28/h1-2,6-9,13,18,27H,3-5,10-12,14-15H2,(H,25,28). The van der Waals surface area contributed by atoms with Gasteiger partial charge in [0.1, 0.15) is 12.4 Å². The average Bonchev–Trinajstić information content (AvgIpc) is 3.31. The lowest BCUT2D eigenvalue weighted by atomic mass is 9.97. The number of ether oxygens (including phenoxy) is 1. The first-order chi connectivity index (χ1) is 14.2. The number of nitrogens with zero attached hydrogens (tertiary/aromatic N) is 1. The lowest BCUT2D eigenvalue weighted by Gasteiger charge is -2.34. The zero-order valence-corrected chi connectivity index (χ0v) is 16.5. The molecule has 2 N–H and O–H groups in total. The molecule has 2 aromatic carbocycles. The van der Waals surface area contributed by atoms with Crippen LogP contribution in [0.15, 0.2) is 42.5 Å². The van der Waals surface area contributed by atoms with Crippen LogP contribution in [-0.2, 0) is 22.6 Å². The first-order valence-corrected chi connectivity index (χ1v) is 10.5. The van der Waals surface area contributed by atoms with Crippen LogP contribution >= 0.6 is 0 Å². The Bertz CT molecular complexity index is 982. The Balaban J connectivity index is 1.38. The minimum absolute atomic E-state index is 0.0988. The second kappa shape index (κ2) is 7.65. The largest absolute Gasteiger partial charge is 0.487 e. The van der Waals surface area contributed by atoms with Crippen molar-refractivity contribution in [2.24, 2.45) is 0 Å². The summed E-state index contributed by atoms with van der Waals surface area (Å²) < 4.78 is 5.99. The maximum Gasteiger partial charge on any atom is 0.260 e. The van der Waals surface area contributed by atoms with Crippen molar-refractivity contribution in [3.63, 3.8) is 0 Å². The van der Waals surface area contributed by atoms with Gasteiger partial charge in [0.15, 0.2) is 0 Å². The summed E-state index contributed by atoms with van der Waals surface area (Å²) in [7, 11) is 0. The molecule has 0 spiro atoms. The number of likely N-dealkylation sites (tertiary alicyclic amines) is 1. The highest BCUT2D eigenvalue weighted by atomic mass is 16.5. The Morgan fingerprint density at radius 1 is 1.14 bits per heavy atom. The highest BCUT2D eigenvalue weighted by molar-refractivity contribution is 6.36. The van der Waals surface area contributed by atoms with Gasteiger partial charge < -0.3 is 15.2 Å². The maximum absolute atomic E-state index is 12.6. The first kappa shape index (κ1) is 18.4. The van der Waals surface area contributed by atoms with Crippen molar-refractivity contribution in [1.82, 2.24) is 4.90 Å². The molecule has 0 aromatic heterocycles. The number of aliphatic hydroxyl groups excluding tert-OH is 1. The van der Waals surface area contributed by atoms with Crippen LogP contribution in [-0.4, -0.2) is 41.7 Å². The molecule has 1 atom stereocenters. The van der Waals surface area contributed by atoms with Crippen LogP contribution in [0.1, 0.15) is 41.5 Å². The minimum atomic E-state index is -0.0988. The van der Waals surface area contributed by atoms with Gasteiger partial charge in [0.05, 0.1) is 12.2 Å². The molecule has 3 aliphatic heterocycles. The van der Waals surface area contributed by atoms with E-state index in [1.807, 2.05) is 24.3 Å². The summed E-state index contributed by atoms with van der Waals surface area (Å²) in [4.78, 5) is 15.0. The highest BCUT2D eigenvalue weighted by Crippen LogP contribution is 2.41. The van der Waals surface area contributed by atoms with Gasteiger partial charge in [-0.2, -0.15) is 0 Å². The van der Waals surface area contributed by atoms with Gasteiger partial charge in [0.25, 0.3) is 5.91 Å². The normalized spacial score (nSPS) is 23.5. The van der Waals surface area contributed by atoms with Crippen LogP contribution in [0.4, 0.5) is 5.69 Å². The predicted molar refractivity (Wildman–Crippen MR) is 113 cm³/mol. The summed E-state index contributed by atoms with van der Waals surface area (Å²) in [6.07, 6.45) is 4.48. The van der Waals surface area contributed by atoms with Crippen molar-refractivity contribution in [2.45, 2.75) is 38.3 Å². The summed E-state index contributed by atoms with van der Waals surface area (Å²) in [5, 5.41) is 12.5. The predicted octanol–water partition coefficient (Wildman–Crippen LogP) is 3.43. The molecule has 0 aliphatic carbocycles. The number of anilines is 1. The smallest absolute Gasteiger partial charge is 0.260 e. The van der Waals surface area contributed by atoms with E-state index >= 15 is 0 Å². The molecule has 5 heteroatoms. The third-order valence-corrected chi connectivity index (χ3v) is 6.33. The number of rotatable bonds is 4. The van der Waals surface area contributed by atoms with E-state index < -0.39 is 0 Å². The Morgan fingerprint density at radius 2 is 2.03 bits per heavy atom. The Hall–Kier alpha value is -2.63. The molecule has 3 aliphatic rings. The van der Waals surface area contributed by atoms with E-state index in [0.717, 1.165) is 48.3 Å². The molecule has 5 rings (SSSR count). The van der Waals surface area contributed by atoms with Gasteiger partial charge in [0.2, 0.25) is 0 Å². The summed E-state index contributed by atoms with van der Waals surface area (Å²) in [5.74, 6) is 0.587. The lowest BCUT2D eigenvalue weighted by Crippen LogP contribution is -2.42. The van der Waals surface area contributed by atoms with E-state index in [1.165, 1.54) is 18.4 Å². The number of carbonyl (C=O) groups excluding carboxylic acids is 1. The molecule has 1 saturated heterocycles. The van der Waals surface area contributed by atoms with Crippen molar-refractivity contribution in [3.05, 3.63) is 64.7 Å². The number of aliphatic hydroxyl groups is 1. The first-order valence-electron chi connectivity index (χ1n) is 10.5. The van der Waals surface area contributed by atoms with Crippen molar-refractivity contribution >= 4 is 22.9 Å². The fraction of sp³-hybridized carbons (Fsp3) is 0.375. The number of hydrogen-bond donors (Lipinski definition) is 2. The van der Waals surface area contributed by atoms with Crippen LogP contribution < -0.4 is 5.32 Å². The lowest BCUT2D eigenvalue weighted by molar-refractivity contribution is -0.110. The van der Waals surface area contributed by atoms with E-state index in [-0.39, 0.29) is 12.5 Å². The quantitative estimate of drug-likeness (QED) is 0.786. The zero-order valence-electron chi connectivity index (χ0n) is 16.5. The van der Waals surface area contributed by atoms with Crippen molar-refractivity contribution in [1.29, 1.82) is 0 Å². The third kappa shape index (κ3) is 3.34.